The number of hydrogen-bond acceptors (Lipinski definition) is 4. The second-order valence-corrected chi connectivity index (χ2v) is 3.97. The number of carboxylic acids is 1. The van der Waals surface area contributed by atoms with Crippen LogP contribution in [0.5, 0.6) is 0 Å². The molecule has 0 aliphatic rings. The van der Waals surface area contributed by atoms with Crippen molar-refractivity contribution in [3.05, 3.63) is 53.7 Å². The number of rotatable bonds is 5. The molecule has 2 rings (SSSR count). The van der Waals surface area contributed by atoms with Crippen LogP contribution in [0, 0.1) is 0 Å². The van der Waals surface area contributed by atoms with Crippen molar-refractivity contribution in [3.8, 4) is 0 Å². The predicted molar refractivity (Wildman–Crippen MR) is 65.2 cm³/mol. The van der Waals surface area contributed by atoms with Crippen LogP contribution in [0.15, 0.2) is 41.1 Å². The smallest absolute Gasteiger partial charge is 0.371 e. The maximum atomic E-state index is 10.7. The highest BCUT2D eigenvalue weighted by atomic mass is 16.4. The molecule has 0 amide bonds. The van der Waals surface area contributed by atoms with Crippen LogP contribution in [0.4, 0.5) is 0 Å². The van der Waals surface area contributed by atoms with Gasteiger partial charge >= 0.3 is 5.97 Å². The monoisotopic (exact) mass is 246 g/mol. The number of aromatic nitrogens is 1. The average Bonchev–Trinajstić information content (AvgIpc) is 2.87. The molecule has 0 aromatic carbocycles. The SMILES string of the molecule is CC(NCc1cccnc1)c1ccc(C(=O)O)o1. The fourth-order valence-corrected chi connectivity index (χ4v) is 1.57. The maximum Gasteiger partial charge on any atom is 0.371 e. The number of furan rings is 1. The topological polar surface area (TPSA) is 75.4 Å². The van der Waals surface area contributed by atoms with Gasteiger partial charge in [-0.25, -0.2) is 4.79 Å². The Morgan fingerprint density at radius 1 is 1.50 bits per heavy atom. The molecular formula is C13H14N2O3. The summed E-state index contributed by atoms with van der Waals surface area (Å²) in [4.78, 5) is 14.7. The molecule has 0 aliphatic carbocycles. The first-order valence-electron chi connectivity index (χ1n) is 5.62. The van der Waals surface area contributed by atoms with Gasteiger partial charge in [-0.15, -0.1) is 0 Å². The Bertz CT molecular complexity index is 522. The van der Waals surface area contributed by atoms with Crippen molar-refractivity contribution in [3.63, 3.8) is 0 Å². The summed E-state index contributed by atoms with van der Waals surface area (Å²) in [5.41, 5.74) is 1.06. The van der Waals surface area contributed by atoms with E-state index in [1.165, 1.54) is 6.07 Å². The first-order valence-corrected chi connectivity index (χ1v) is 5.62. The lowest BCUT2D eigenvalue weighted by Crippen LogP contribution is -2.17. The minimum atomic E-state index is -1.05. The van der Waals surface area contributed by atoms with Crippen molar-refractivity contribution in [1.82, 2.24) is 10.3 Å². The van der Waals surface area contributed by atoms with E-state index in [2.05, 4.69) is 10.3 Å². The van der Waals surface area contributed by atoms with E-state index in [0.717, 1.165) is 5.56 Å². The Balaban J connectivity index is 1.95. The fraction of sp³-hybridized carbons (Fsp3) is 0.231. The molecule has 94 valence electrons. The molecule has 0 aliphatic heterocycles. The van der Waals surface area contributed by atoms with Crippen molar-refractivity contribution in [2.75, 3.05) is 0 Å². The summed E-state index contributed by atoms with van der Waals surface area (Å²) < 4.78 is 5.22. The van der Waals surface area contributed by atoms with Gasteiger partial charge in [0.2, 0.25) is 5.76 Å². The highest BCUT2D eigenvalue weighted by molar-refractivity contribution is 5.84. The molecule has 2 N–H and O–H groups in total. The van der Waals surface area contributed by atoms with Gasteiger partial charge in [0.05, 0.1) is 6.04 Å². The van der Waals surface area contributed by atoms with Crippen LogP contribution < -0.4 is 5.32 Å². The molecule has 2 aromatic heterocycles. The van der Waals surface area contributed by atoms with Crippen molar-refractivity contribution < 1.29 is 14.3 Å². The minimum Gasteiger partial charge on any atom is -0.475 e. The average molecular weight is 246 g/mol. The molecule has 5 heteroatoms. The zero-order valence-corrected chi connectivity index (χ0v) is 9.96. The largest absolute Gasteiger partial charge is 0.475 e. The van der Waals surface area contributed by atoms with Crippen molar-refractivity contribution in [2.24, 2.45) is 0 Å². The predicted octanol–water partition coefficient (Wildman–Crippen LogP) is 2.22. The molecule has 18 heavy (non-hydrogen) atoms. The number of nitrogens with one attached hydrogen (secondary N) is 1. The molecule has 0 saturated carbocycles. The summed E-state index contributed by atoms with van der Waals surface area (Å²) in [6.07, 6.45) is 3.50. The van der Waals surface area contributed by atoms with Crippen molar-refractivity contribution in [1.29, 1.82) is 0 Å². The van der Waals surface area contributed by atoms with Crippen LogP contribution in [-0.2, 0) is 6.54 Å². The number of pyridine rings is 1. The third-order valence-corrected chi connectivity index (χ3v) is 2.60. The van der Waals surface area contributed by atoms with E-state index in [1.54, 1.807) is 18.5 Å². The third-order valence-electron chi connectivity index (χ3n) is 2.60. The molecule has 5 nitrogen and oxygen atoms in total. The minimum absolute atomic E-state index is 0.0416. The van der Waals surface area contributed by atoms with Gasteiger partial charge in [0.25, 0.3) is 0 Å². The molecule has 1 unspecified atom stereocenters. The lowest BCUT2D eigenvalue weighted by atomic mass is 10.2. The van der Waals surface area contributed by atoms with Crippen LogP contribution in [0.1, 0.15) is 34.8 Å². The Morgan fingerprint density at radius 2 is 2.33 bits per heavy atom. The summed E-state index contributed by atoms with van der Waals surface area (Å²) in [5.74, 6) is -0.489. The lowest BCUT2D eigenvalue weighted by Gasteiger charge is -2.10. The van der Waals surface area contributed by atoms with Crippen LogP contribution in [0.25, 0.3) is 0 Å². The van der Waals surface area contributed by atoms with Gasteiger partial charge in [0.15, 0.2) is 0 Å². The molecular weight excluding hydrogens is 232 g/mol. The number of carbonyl (C=O) groups is 1. The van der Waals surface area contributed by atoms with Gasteiger partial charge in [0.1, 0.15) is 5.76 Å². The third kappa shape index (κ3) is 2.95. The van der Waals surface area contributed by atoms with E-state index in [1.807, 2.05) is 19.1 Å². The summed E-state index contributed by atoms with van der Waals surface area (Å²) in [5, 5.41) is 12.0. The fourth-order valence-electron chi connectivity index (χ4n) is 1.57. The number of aromatic carboxylic acids is 1. The molecule has 0 bridgehead atoms. The van der Waals surface area contributed by atoms with Gasteiger partial charge < -0.3 is 14.8 Å². The standard InChI is InChI=1S/C13H14N2O3/c1-9(11-4-5-12(18-11)13(16)17)15-8-10-3-2-6-14-7-10/h2-7,9,15H,8H2,1H3,(H,16,17). The molecule has 0 fully saturated rings. The summed E-state index contributed by atoms with van der Waals surface area (Å²) in [6, 6.07) is 6.91. The van der Waals surface area contributed by atoms with Gasteiger partial charge in [-0.1, -0.05) is 6.07 Å². The highest BCUT2D eigenvalue weighted by Crippen LogP contribution is 2.16. The zero-order chi connectivity index (χ0) is 13.0. The van der Waals surface area contributed by atoms with Gasteiger partial charge in [-0.05, 0) is 30.7 Å². The lowest BCUT2D eigenvalue weighted by molar-refractivity contribution is 0.0659. The molecule has 0 saturated heterocycles. The number of carboxylic acid groups (broad SMARTS) is 1. The first-order chi connectivity index (χ1) is 8.66. The van der Waals surface area contributed by atoms with E-state index in [-0.39, 0.29) is 11.8 Å². The number of nitrogens with zero attached hydrogens (tertiary/aromatic N) is 1. The van der Waals surface area contributed by atoms with Gasteiger partial charge in [-0.3, -0.25) is 4.98 Å². The van der Waals surface area contributed by atoms with Gasteiger partial charge in [0, 0.05) is 18.9 Å². The van der Waals surface area contributed by atoms with Crippen LogP contribution in [0.2, 0.25) is 0 Å². The van der Waals surface area contributed by atoms with Crippen LogP contribution in [-0.4, -0.2) is 16.1 Å². The maximum absolute atomic E-state index is 10.7. The van der Waals surface area contributed by atoms with Gasteiger partial charge in [-0.2, -0.15) is 0 Å². The summed E-state index contributed by atoms with van der Waals surface area (Å²) in [7, 11) is 0. The first kappa shape index (κ1) is 12.3. The van der Waals surface area contributed by atoms with Crippen LogP contribution in [0.3, 0.4) is 0 Å². The Kier molecular flexibility index (Phi) is 3.74. The van der Waals surface area contributed by atoms with Crippen LogP contribution >= 0.6 is 0 Å². The Morgan fingerprint density at radius 3 is 2.94 bits per heavy atom. The molecule has 2 heterocycles. The Hall–Kier alpha value is -2.14. The van der Waals surface area contributed by atoms with E-state index < -0.39 is 5.97 Å². The highest BCUT2D eigenvalue weighted by Gasteiger charge is 2.13. The molecule has 0 spiro atoms. The zero-order valence-electron chi connectivity index (χ0n) is 9.96. The van der Waals surface area contributed by atoms with E-state index in [4.69, 9.17) is 9.52 Å². The van der Waals surface area contributed by atoms with E-state index >= 15 is 0 Å². The molecule has 2 aromatic rings. The van der Waals surface area contributed by atoms with E-state index in [0.29, 0.717) is 12.3 Å². The summed E-state index contributed by atoms with van der Waals surface area (Å²) in [6.45, 7) is 2.57. The quantitative estimate of drug-likeness (QED) is 0.846. The second kappa shape index (κ2) is 5.46. The number of hydrogen-bond donors (Lipinski definition) is 2. The molecule has 0 radical (unpaired) electrons. The van der Waals surface area contributed by atoms with E-state index in [9.17, 15) is 4.79 Å². The Labute approximate surface area is 104 Å². The van der Waals surface area contributed by atoms with Crippen molar-refractivity contribution in [2.45, 2.75) is 19.5 Å². The normalized spacial score (nSPS) is 12.3. The summed E-state index contributed by atoms with van der Waals surface area (Å²) >= 11 is 0. The second-order valence-electron chi connectivity index (χ2n) is 3.97. The van der Waals surface area contributed by atoms with Crippen molar-refractivity contribution >= 4 is 5.97 Å². The molecule has 1 atom stereocenters.